The first-order valence-corrected chi connectivity index (χ1v) is 12.7. The summed E-state index contributed by atoms with van der Waals surface area (Å²) in [5.41, 5.74) is 3.31. The van der Waals surface area contributed by atoms with E-state index in [-0.39, 0.29) is 10.7 Å². The number of halogens is 1. The molecule has 0 spiro atoms. The van der Waals surface area contributed by atoms with Crippen molar-refractivity contribution >= 4 is 68.4 Å². The van der Waals surface area contributed by atoms with E-state index in [2.05, 4.69) is 20.8 Å². The van der Waals surface area contributed by atoms with Gasteiger partial charge in [-0.1, -0.05) is 24.3 Å². The van der Waals surface area contributed by atoms with Gasteiger partial charge in [-0.05, 0) is 96.3 Å². The summed E-state index contributed by atoms with van der Waals surface area (Å²) in [5.74, 6) is 0.176. The van der Waals surface area contributed by atoms with Crippen LogP contribution in [0, 0.1) is 13.8 Å². The molecule has 0 N–H and O–H groups in total. The summed E-state index contributed by atoms with van der Waals surface area (Å²) >= 11 is 9.27. The van der Waals surface area contributed by atoms with Crippen LogP contribution < -0.4 is 14.7 Å². The number of carbonyl (C=O) groups excluding carboxylic acids is 2. The van der Waals surface area contributed by atoms with E-state index in [1.165, 1.54) is 15.9 Å². The van der Waals surface area contributed by atoms with Gasteiger partial charge in [-0.15, -0.1) is 0 Å². The molecule has 8 heteroatoms. The van der Waals surface area contributed by atoms with E-state index in [0.29, 0.717) is 23.0 Å². The molecule has 35 heavy (non-hydrogen) atoms. The molecule has 3 heterocycles. The van der Waals surface area contributed by atoms with Crippen LogP contribution >= 0.6 is 28.1 Å². The summed E-state index contributed by atoms with van der Waals surface area (Å²) in [4.78, 5) is 32.4. The summed E-state index contributed by atoms with van der Waals surface area (Å²) in [6, 6.07) is 16.6. The largest absolute Gasteiger partial charge is 0.440 e. The van der Waals surface area contributed by atoms with Crippen molar-refractivity contribution in [3.63, 3.8) is 0 Å². The fourth-order valence-corrected chi connectivity index (χ4v) is 5.29. The normalized spacial score (nSPS) is 17.7. The fourth-order valence-electron chi connectivity index (χ4n) is 4.35. The lowest BCUT2D eigenvalue weighted by Crippen LogP contribution is -2.57. The first-order chi connectivity index (χ1) is 16.8. The number of furan rings is 1. The number of para-hydroxylation sites is 1. The maximum Gasteiger partial charge on any atom is 0.270 e. The second-order valence-electron chi connectivity index (χ2n) is 8.72. The molecule has 0 bridgehead atoms. The number of rotatable bonds is 4. The monoisotopic (exact) mass is 549 g/mol. The maximum absolute atomic E-state index is 13.7. The van der Waals surface area contributed by atoms with Gasteiger partial charge in [0.15, 0.2) is 5.11 Å². The molecular weight excluding hydrogens is 526 g/mol. The Morgan fingerprint density at radius 2 is 1.54 bits per heavy atom. The third kappa shape index (κ3) is 4.32. The summed E-state index contributed by atoms with van der Waals surface area (Å²) in [7, 11) is 0. The third-order valence-corrected chi connectivity index (χ3v) is 7.31. The second-order valence-corrected chi connectivity index (χ2v) is 9.94. The van der Waals surface area contributed by atoms with Crippen molar-refractivity contribution in [2.24, 2.45) is 0 Å². The number of anilines is 3. The van der Waals surface area contributed by atoms with Crippen molar-refractivity contribution in [3.05, 3.63) is 81.5 Å². The van der Waals surface area contributed by atoms with E-state index < -0.39 is 11.8 Å². The van der Waals surface area contributed by atoms with Crippen LogP contribution in [-0.4, -0.2) is 30.0 Å². The van der Waals surface area contributed by atoms with Gasteiger partial charge in [0.1, 0.15) is 11.3 Å². The van der Waals surface area contributed by atoms with E-state index in [1.807, 2.05) is 50.2 Å². The molecule has 1 aromatic heterocycles. The molecule has 0 unspecified atom stereocenters. The summed E-state index contributed by atoms with van der Waals surface area (Å²) in [6.07, 6.45) is 3.73. The number of aryl methyl sites for hydroxylation is 2. The molecule has 6 nitrogen and oxygen atoms in total. The Morgan fingerprint density at radius 3 is 2.20 bits per heavy atom. The van der Waals surface area contributed by atoms with Crippen LogP contribution in [0.1, 0.15) is 29.7 Å². The summed E-state index contributed by atoms with van der Waals surface area (Å²) in [6.45, 7) is 5.81. The lowest BCUT2D eigenvalue weighted by Gasteiger charge is -2.36. The molecule has 2 aliphatic rings. The van der Waals surface area contributed by atoms with E-state index in [4.69, 9.17) is 16.6 Å². The summed E-state index contributed by atoms with van der Waals surface area (Å²) in [5, 5.41) is 0.116. The molecule has 178 valence electrons. The van der Waals surface area contributed by atoms with Crippen molar-refractivity contribution in [1.82, 2.24) is 0 Å². The minimum atomic E-state index is -0.485. The highest BCUT2D eigenvalue weighted by Crippen LogP contribution is 2.35. The molecule has 2 aliphatic heterocycles. The van der Waals surface area contributed by atoms with Crippen LogP contribution in [0.5, 0.6) is 0 Å². The van der Waals surface area contributed by atoms with Crippen LogP contribution in [0.25, 0.3) is 6.08 Å². The zero-order chi connectivity index (χ0) is 24.7. The third-order valence-electron chi connectivity index (χ3n) is 6.38. The Labute approximate surface area is 217 Å². The molecule has 3 aromatic rings. The van der Waals surface area contributed by atoms with Gasteiger partial charge in [-0.2, -0.15) is 0 Å². The van der Waals surface area contributed by atoms with Gasteiger partial charge in [-0.25, -0.2) is 0 Å². The van der Waals surface area contributed by atoms with Crippen molar-refractivity contribution in [2.45, 2.75) is 26.7 Å². The maximum atomic E-state index is 13.7. The molecule has 5 rings (SSSR count). The van der Waals surface area contributed by atoms with Gasteiger partial charge in [0.2, 0.25) is 5.88 Å². The topological polar surface area (TPSA) is 57.0 Å². The van der Waals surface area contributed by atoms with E-state index in [0.717, 1.165) is 41.5 Å². The zero-order valence-electron chi connectivity index (χ0n) is 19.5. The Morgan fingerprint density at radius 1 is 0.886 bits per heavy atom. The van der Waals surface area contributed by atoms with Crippen LogP contribution in [0.3, 0.4) is 0 Å². The SMILES string of the molecule is Cc1ccc(N2C(=O)/C(=C\c3cc(Br)c(N4CCCC4)o3)C(=O)N(c3ccccc3)C2=S)cc1C. The Bertz CT molecular complexity index is 1360. The average molecular weight is 550 g/mol. The molecule has 2 saturated heterocycles. The number of thiocarbonyl (C=S) groups is 1. The van der Waals surface area contributed by atoms with E-state index in [9.17, 15) is 9.59 Å². The number of nitrogens with zero attached hydrogens (tertiary/aromatic N) is 3. The van der Waals surface area contributed by atoms with Gasteiger partial charge in [0.25, 0.3) is 11.8 Å². The molecule has 0 radical (unpaired) electrons. The van der Waals surface area contributed by atoms with Gasteiger partial charge in [0, 0.05) is 19.2 Å². The number of benzene rings is 2. The predicted molar refractivity (Wildman–Crippen MR) is 146 cm³/mol. The van der Waals surface area contributed by atoms with Crippen LogP contribution in [0.2, 0.25) is 0 Å². The highest BCUT2D eigenvalue weighted by Gasteiger charge is 2.41. The molecule has 2 fully saturated rings. The number of carbonyl (C=O) groups is 2. The lowest BCUT2D eigenvalue weighted by molar-refractivity contribution is -0.120. The van der Waals surface area contributed by atoms with Crippen LogP contribution in [0.4, 0.5) is 17.3 Å². The van der Waals surface area contributed by atoms with Crippen LogP contribution in [0.15, 0.2) is 69.1 Å². The smallest absolute Gasteiger partial charge is 0.270 e. The Kier molecular flexibility index (Phi) is 6.34. The molecule has 0 aliphatic carbocycles. The van der Waals surface area contributed by atoms with Gasteiger partial charge < -0.3 is 9.32 Å². The first kappa shape index (κ1) is 23.5. The number of hydrogen-bond donors (Lipinski definition) is 0. The fraction of sp³-hybridized carbons (Fsp3) is 0.222. The average Bonchev–Trinajstić information content (AvgIpc) is 3.49. The molecular formula is C27H24BrN3O3S. The predicted octanol–water partition coefficient (Wildman–Crippen LogP) is 6.01. The van der Waals surface area contributed by atoms with Crippen molar-refractivity contribution < 1.29 is 14.0 Å². The van der Waals surface area contributed by atoms with Gasteiger partial charge >= 0.3 is 0 Å². The van der Waals surface area contributed by atoms with Crippen LogP contribution in [-0.2, 0) is 9.59 Å². The van der Waals surface area contributed by atoms with Gasteiger partial charge in [-0.3, -0.25) is 19.4 Å². The molecule has 2 aromatic carbocycles. The Hall–Kier alpha value is -3.23. The first-order valence-electron chi connectivity index (χ1n) is 11.5. The molecule has 0 atom stereocenters. The zero-order valence-corrected chi connectivity index (χ0v) is 21.9. The van der Waals surface area contributed by atoms with E-state index in [1.54, 1.807) is 18.2 Å². The van der Waals surface area contributed by atoms with Crippen molar-refractivity contribution in [3.8, 4) is 0 Å². The highest BCUT2D eigenvalue weighted by molar-refractivity contribution is 9.10. The number of hydrogen-bond acceptors (Lipinski definition) is 5. The van der Waals surface area contributed by atoms with Crippen molar-refractivity contribution in [1.29, 1.82) is 0 Å². The van der Waals surface area contributed by atoms with E-state index >= 15 is 0 Å². The highest BCUT2D eigenvalue weighted by atomic mass is 79.9. The minimum Gasteiger partial charge on any atom is -0.440 e. The second kappa shape index (κ2) is 9.43. The Balaban J connectivity index is 1.61. The quantitative estimate of drug-likeness (QED) is 0.226. The number of amides is 2. The minimum absolute atomic E-state index is 0.0186. The molecule has 0 saturated carbocycles. The lowest BCUT2D eigenvalue weighted by atomic mass is 10.1. The van der Waals surface area contributed by atoms with Crippen molar-refractivity contribution in [2.75, 3.05) is 27.8 Å². The van der Waals surface area contributed by atoms with Gasteiger partial charge in [0.05, 0.1) is 15.8 Å². The molecule has 2 amide bonds. The standard InChI is InChI=1S/C27H24BrN3O3S/c1-17-10-11-20(14-18(17)2)31-25(33)22(24(32)30(27(31)35)19-8-4-3-5-9-19)15-21-16-23(28)26(34-21)29-12-6-7-13-29/h3-5,8-11,14-16H,6-7,12-13H2,1-2H3/b22-15-. The summed E-state index contributed by atoms with van der Waals surface area (Å²) < 4.78 is 6.86.